The van der Waals surface area contributed by atoms with Gasteiger partial charge in [-0.3, -0.25) is 4.79 Å². The number of hydrogen-bond donors (Lipinski definition) is 1. The minimum atomic E-state index is -0.500. The summed E-state index contributed by atoms with van der Waals surface area (Å²) >= 11 is 0. The van der Waals surface area contributed by atoms with Crippen molar-refractivity contribution in [2.75, 3.05) is 6.54 Å². The fourth-order valence-corrected chi connectivity index (χ4v) is 1.13. The van der Waals surface area contributed by atoms with Crippen LogP contribution in [0, 0.1) is 0 Å². The molecule has 0 radical (unpaired) electrons. The van der Waals surface area contributed by atoms with Gasteiger partial charge in [0.05, 0.1) is 0 Å². The fraction of sp³-hybridized carbons (Fsp3) is 0.778. The Bertz CT molecular complexity index is 235. The average Bonchev–Trinajstić information content (AvgIpc) is 1.96. The third-order valence-corrected chi connectivity index (χ3v) is 1.88. The van der Waals surface area contributed by atoms with Gasteiger partial charge in [-0.15, -0.1) is 0 Å². The second-order valence-electron chi connectivity index (χ2n) is 4.29. The first kappa shape index (κ1) is 10.8. The summed E-state index contributed by atoms with van der Waals surface area (Å²) in [5.74, 6) is 0. The predicted octanol–water partition coefficient (Wildman–Crippen LogP) is 0.699. The molecule has 1 unspecified atom stereocenters. The summed E-state index contributed by atoms with van der Waals surface area (Å²) < 4.78 is 5.04. The van der Waals surface area contributed by atoms with Crippen LogP contribution in [0.1, 0.15) is 27.2 Å². The molecule has 0 aromatic heterocycles. The monoisotopic (exact) mass is 200 g/mol. The first-order chi connectivity index (χ1) is 6.42. The lowest BCUT2D eigenvalue weighted by Crippen LogP contribution is -2.57. The highest BCUT2D eigenvalue weighted by Gasteiger charge is 2.29. The highest BCUT2D eigenvalue weighted by molar-refractivity contribution is 5.68. The molecule has 0 saturated carbocycles. The van der Waals surface area contributed by atoms with E-state index in [-0.39, 0.29) is 6.17 Å². The van der Waals surface area contributed by atoms with Crippen LogP contribution < -0.4 is 5.32 Å². The largest absolute Gasteiger partial charge is 0.444 e. The molecule has 0 spiro atoms. The summed E-state index contributed by atoms with van der Waals surface area (Å²) in [6.07, 6.45) is 0.847. The average molecular weight is 200 g/mol. The highest BCUT2D eigenvalue weighted by Crippen LogP contribution is 2.13. The van der Waals surface area contributed by atoms with Gasteiger partial charge in [0, 0.05) is 13.0 Å². The zero-order valence-corrected chi connectivity index (χ0v) is 8.74. The van der Waals surface area contributed by atoms with E-state index >= 15 is 0 Å². The first-order valence-corrected chi connectivity index (χ1v) is 4.63. The quantitative estimate of drug-likeness (QED) is 0.667. The van der Waals surface area contributed by atoms with E-state index in [9.17, 15) is 9.59 Å². The molecule has 2 amide bonds. The molecule has 1 aliphatic rings. The maximum Gasteiger partial charge on any atom is 0.409 e. The van der Waals surface area contributed by atoms with E-state index in [1.807, 2.05) is 0 Å². The molecule has 1 rings (SSSR count). The molecule has 1 N–H and O–H groups in total. The maximum absolute atomic E-state index is 11.2. The fourth-order valence-electron chi connectivity index (χ4n) is 1.13. The predicted molar refractivity (Wildman–Crippen MR) is 50.5 cm³/mol. The van der Waals surface area contributed by atoms with Crippen LogP contribution in [0.25, 0.3) is 0 Å². The number of likely N-dealkylation sites (tertiary alicyclic amines) is 1. The molecular formula is C9H16N2O3. The van der Waals surface area contributed by atoms with Gasteiger partial charge in [-0.05, 0) is 20.8 Å². The summed E-state index contributed by atoms with van der Waals surface area (Å²) in [6.45, 7) is 6.09. The van der Waals surface area contributed by atoms with Gasteiger partial charge in [0.1, 0.15) is 11.8 Å². The number of carbonyl (C=O) groups excluding carboxylic acids is 2. The van der Waals surface area contributed by atoms with Gasteiger partial charge in [-0.1, -0.05) is 0 Å². The minimum Gasteiger partial charge on any atom is -0.444 e. The summed E-state index contributed by atoms with van der Waals surface area (Å²) in [5, 5.41) is 2.61. The Morgan fingerprint density at radius 1 is 1.57 bits per heavy atom. The summed E-state index contributed by atoms with van der Waals surface area (Å²) in [4.78, 5) is 23.2. The SMILES string of the molecule is CC(C)(C)OC(=O)NC1CCN1C=O. The molecule has 1 fully saturated rings. The second-order valence-corrected chi connectivity index (χ2v) is 4.29. The molecule has 1 aliphatic heterocycles. The number of rotatable bonds is 2. The molecule has 1 saturated heterocycles. The van der Waals surface area contributed by atoms with E-state index in [1.165, 1.54) is 4.90 Å². The van der Waals surface area contributed by atoms with Crippen molar-refractivity contribution in [2.24, 2.45) is 0 Å². The van der Waals surface area contributed by atoms with E-state index in [1.54, 1.807) is 20.8 Å². The van der Waals surface area contributed by atoms with Crippen molar-refractivity contribution >= 4 is 12.5 Å². The van der Waals surface area contributed by atoms with Gasteiger partial charge in [0.15, 0.2) is 0 Å². The van der Waals surface area contributed by atoms with Crippen LogP contribution in [0.4, 0.5) is 4.79 Å². The molecule has 1 heterocycles. The number of hydrogen-bond acceptors (Lipinski definition) is 3. The molecule has 14 heavy (non-hydrogen) atoms. The third-order valence-electron chi connectivity index (χ3n) is 1.88. The Hall–Kier alpha value is -1.26. The molecular weight excluding hydrogens is 184 g/mol. The van der Waals surface area contributed by atoms with Crippen LogP contribution in [0.2, 0.25) is 0 Å². The van der Waals surface area contributed by atoms with E-state index in [0.717, 1.165) is 12.8 Å². The lowest BCUT2D eigenvalue weighted by molar-refractivity contribution is -0.125. The zero-order valence-electron chi connectivity index (χ0n) is 8.74. The molecule has 5 nitrogen and oxygen atoms in total. The lowest BCUT2D eigenvalue weighted by atomic mass is 10.2. The molecule has 0 bridgehead atoms. The van der Waals surface area contributed by atoms with Gasteiger partial charge < -0.3 is 15.0 Å². The summed E-state index contributed by atoms with van der Waals surface area (Å²) in [5.41, 5.74) is -0.500. The van der Waals surface area contributed by atoms with Gasteiger partial charge >= 0.3 is 6.09 Å². The van der Waals surface area contributed by atoms with E-state index < -0.39 is 11.7 Å². The normalized spacial score (nSPS) is 21.1. The Kier molecular flexibility index (Phi) is 2.98. The second kappa shape index (κ2) is 3.86. The molecule has 0 aliphatic carbocycles. The highest BCUT2D eigenvalue weighted by atomic mass is 16.6. The van der Waals surface area contributed by atoms with Crippen LogP contribution in [0.3, 0.4) is 0 Å². The van der Waals surface area contributed by atoms with Gasteiger partial charge in [-0.25, -0.2) is 4.79 Å². The van der Waals surface area contributed by atoms with Crippen LogP contribution in [-0.2, 0) is 9.53 Å². The van der Waals surface area contributed by atoms with Gasteiger partial charge in [-0.2, -0.15) is 0 Å². The van der Waals surface area contributed by atoms with E-state index in [0.29, 0.717) is 6.54 Å². The number of nitrogens with one attached hydrogen (secondary N) is 1. The van der Waals surface area contributed by atoms with E-state index in [2.05, 4.69) is 5.32 Å². The Morgan fingerprint density at radius 2 is 2.21 bits per heavy atom. The van der Waals surface area contributed by atoms with Crippen LogP contribution in [0.15, 0.2) is 0 Å². The van der Waals surface area contributed by atoms with Gasteiger partial charge in [0.25, 0.3) is 0 Å². The molecule has 1 atom stereocenters. The van der Waals surface area contributed by atoms with Gasteiger partial charge in [0.2, 0.25) is 6.41 Å². The summed E-state index contributed by atoms with van der Waals surface area (Å²) in [7, 11) is 0. The number of amides is 2. The minimum absolute atomic E-state index is 0.192. The topological polar surface area (TPSA) is 58.6 Å². The first-order valence-electron chi connectivity index (χ1n) is 4.63. The zero-order chi connectivity index (χ0) is 10.8. The molecule has 0 aromatic carbocycles. The van der Waals surface area contributed by atoms with Crippen molar-refractivity contribution in [1.82, 2.24) is 10.2 Å². The van der Waals surface area contributed by atoms with Crippen molar-refractivity contribution in [3.05, 3.63) is 0 Å². The smallest absolute Gasteiger partial charge is 0.409 e. The van der Waals surface area contributed by atoms with Crippen molar-refractivity contribution < 1.29 is 14.3 Å². The van der Waals surface area contributed by atoms with Crippen molar-refractivity contribution in [2.45, 2.75) is 39.0 Å². The molecule has 80 valence electrons. The maximum atomic E-state index is 11.2. The molecule has 0 aromatic rings. The standard InChI is InChI=1S/C9H16N2O3/c1-9(2,3)14-8(13)10-7-4-5-11(7)6-12/h6-7H,4-5H2,1-3H3,(H,10,13). The number of ether oxygens (including phenoxy) is 1. The van der Waals surface area contributed by atoms with E-state index in [4.69, 9.17) is 4.74 Å². The third kappa shape index (κ3) is 2.90. The number of alkyl carbamates (subject to hydrolysis) is 1. The van der Waals surface area contributed by atoms with Crippen LogP contribution in [-0.4, -0.2) is 35.7 Å². The van der Waals surface area contributed by atoms with Crippen molar-refractivity contribution in [3.8, 4) is 0 Å². The summed E-state index contributed by atoms with van der Waals surface area (Å²) in [6, 6.07) is 0. The molecule has 5 heteroatoms. The van der Waals surface area contributed by atoms with Crippen molar-refractivity contribution in [3.63, 3.8) is 0 Å². The Labute approximate surface area is 83.4 Å². The Morgan fingerprint density at radius 3 is 2.57 bits per heavy atom. The van der Waals surface area contributed by atoms with Crippen molar-refractivity contribution in [1.29, 1.82) is 0 Å². The number of nitrogens with zero attached hydrogens (tertiary/aromatic N) is 1. The Balaban J connectivity index is 2.31. The lowest BCUT2D eigenvalue weighted by Gasteiger charge is -2.38. The number of carbonyl (C=O) groups is 2. The van der Waals surface area contributed by atoms with Crippen LogP contribution in [0.5, 0.6) is 0 Å². The van der Waals surface area contributed by atoms with Crippen LogP contribution >= 0.6 is 0 Å².